The Bertz CT molecular complexity index is 1440. The molecular formula is C41H56N4. The lowest BCUT2D eigenvalue weighted by molar-refractivity contribution is 0.806. The quantitative estimate of drug-likeness (QED) is 0.196. The van der Waals surface area contributed by atoms with Crippen molar-refractivity contribution in [3.63, 3.8) is 0 Å². The molecule has 0 fully saturated rings. The highest BCUT2D eigenvalue weighted by Crippen LogP contribution is 2.45. The summed E-state index contributed by atoms with van der Waals surface area (Å²) in [5.41, 5.74) is 12.1. The summed E-state index contributed by atoms with van der Waals surface area (Å²) in [6, 6.07) is 21.5. The Hall–Kier alpha value is -3.58. The predicted octanol–water partition coefficient (Wildman–Crippen LogP) is 13.8. The van der Waals surface area contributed by atoms with Crippen molar-refractivity contribution in [3.8, 4) is 0 Å². The fourth-order valence-corrected chi connectivity index (χ4v) is 5.94. The molecule has 45 heavy (non-hydrogen) atoms. The van der Waals surface area contributed by atoms with Crippen LogP contribution in [0, 0.1) is 0 Å². The zero-order chi connectivity index (χ0) is 33.6. The van der Waals surface area contributed by atoms with Gasteiger partial charge in [-0.05, 0) is 74.8 Å². The lowest BCUT2D eigenvalue weighted by Gasteiger charge is -2.22. The number of aliphatic imine (C=N–C) groups is 4. The smallest absolute Gasteiger partial charge is 0.101 e. The van der Waals surface area contributed by atoms with E-state index in [4.69, 9.17) is 20.0 Å². The van der Waals surface area contributed by atoms with Crippen LogP contribution < -0.4 is 0 Å². The van der Waals surface area contributed by atoms with E-state index >= 15 is 0 Å². The van der Waals surface area contributed by atoms with Crippen molar-refractivity contribution in [1.29, 1.82) is 0 Å². The monoisotopic (exact) mass is 604 g/mol. The Morgan fingerprint density at radius 3 is 0.867 bits per heavy atom. The molecule has 0 spiro atoms. The summed E-state index contributed by atoms with van der Waals surface area (Å²) in [5, 5.41) is 0. The maximum atomic E-state index is 5.01. The first-order chi connectivity index (χ1) is 21.2. The molecule has 0 heterocycles. The van der Waals surface area contributed by atoms with Crippen molar-refractivity contribution in [2.24, 2.45) is 20.0 Å². The molecular weight excluding hydrogens is 548 g/mol. The van der Waals surface area contributed by atoms with Gasteiger partial charge < -0.3 is 0 Å². The second-order valence-electron chi connectivity index (χ2n) is 14.5. The van der Waals surface area contributed by atoms with Gasteiger partial charge in [0.05, 0.1) is 22.7 Å². The molecule has 0 aliphatic heterocycles. The minimum atomic E-state index is 0.172. The van der Waals surface area contributed by atoms with Gasteiger partial charge in [0.2, 0.25) is 0 Å². The number of para-hydroxylation sites is 2. The molecule has 0 radical (unpaired) electrons. The molecule has 0 amide bonds. The molecule has 0 bridgehead atoms. The number of nitrogens with zero attached hydrogens (tertiary/aromatic N) is 4. The van der Waals surface area contributed by atoms with E-state index in [0.717, 1.165) is 28.3 Å². The van der Waals surface area contributed by atoms with Gasteiger partial charge in [0, 0.05) is 5.56 Å². The van der Waals surface area contributed by atoms with Crippen LogP contribution in [0.1, 0.15) is 177 Å². The highest BCUT2D eigenvalue weighted by Gasteiger charge is 2.23. The Morgan fingerprint density at radius 2 is 0.622 bits per heavy atom. The van der Waals surface area contributed by atoms with Gasteiger partial charge in [-0.3, -0.25) is 0 Å². The first-order valence-corrected chi connectivity index (χ1v) is 17.0. The minimum absolute atomic E-state index is 0.172. The van der Waals surface area contributed by atoms with Crippen LogP contribution in [-0.2, 0) is 0 Å². The second-order valence-corrected chi connectivity index (χ2v) is 14.5. The first-order valence-electron chi connectivity index (χ1n) is 17.0. The lowest BCUT2D eigenvalue weighted by atomic mass is 9.85. The third-order valence-corrected chi connectivity index (χ3v) is 8.52. The van der Waals surface area contributed by atoms with Crippen LogP contribution in [0.15, 0.2) is 62.4 Å². The molecule has 3 aromatic rings. The van der Waals surface area contributed by atoms with E-state index in [2.05, 4.69) is 151 Å². The van der Waals surface area contributed by atoms with Crippen molar-refractivity contribution in [3.05, 3.63) is 81.4 Å². The third-order valence-electron chi connectivity index (χ3n) is 8.52. The first kappa shape index (κ1) is 35.9. The normalized spacial score (nSPS) is 11.7. The van der Waals surface area contributed by atoms with Crippen molar-refractivity contribution in [2.75, 3.05) is 0 Å². The van der Waals surface area contributed by atoms with Crippen LogP contribution in [0.5, 0.6) is 0 Å². The minimum Gasteiger partial charge on any atom is -0.187 e. The van der Waals surface area contributed by atoms with Crippen LogP contribution >= 0.6 is 0 Å². The summed E-state index contributed by atoms with van der Waals surface area (Å²) in [4.78, 5) is 19.8. The fourth-order valence-electron chi connectivity index (χ4n) is 5.94. The summed E-state index contributed by atoms with van der Waals surface area (Å²) in [6.07, 6.45) is 0. The summed E-state index contributed by atoms with van der Waals surface area (Å²) in [6.45, 7) is 31.0. The van der Waals surface area contributed by atoms with E-state index in [1.165, 1.54) is 33.4 Å². The predicted molar refractivity (Wildman–Crippen MR) is 196 cm³/mol. The van der Waals surface area contributed by atoms with Crippen LogP contribution in [0.2, 0.25) is 0 Å². The topological polar surface area (TPSA) is 49.4 Å². The summed E-state index contributed by atoms with van der Waals surface area (Å²) >= 11 is 0. The molecule has 0 saturated carbocycles. The van der Waals surface area contributed by atoms with Crippen LogP contribution in [0.4, 0.5) is 22.7 Å². The number of rotatable bonds is 11. The molecule has 4 nitrogen and oxygen atoms in total. The molecule has 0 aliphatic carbocycles. The molecule has 0 aliphatic rings. The molecule has 240 valence electrons. The number of hydrogen-bond donors (Lipinski definition) is 0. The van der Waals surface area contributed by atoms with E-state index < -0.39 is 0 Å². The van der Waals surface area contributed by atoms with E-state index in [9.17, 15) is 0 Å². The molecule has 0 aromatic heterocycles. The second kappa shape index (κ2) is 15.6. The summed E-state index contributed by atoms with van der Waals surface area (Å²) < 4.78 is 0. The van der Waals surface area contributed by atoms with Crippen molar-refractivity contribution in [1.82, 2.24) is 0 Å². The van der Waals surface area contributed by atoms with Gasteiger partial charge in [0.25, 0.3) is 0 Å². The Morgan fingerprint density at radius 1 is 0.356 bits per heavy atom. The standard InChI is InChI=1S/C41H56N4/c1-24(2)31-17-15-18-32(25(3)4)38(31)42-22-44-40-35(28(9)10)21-36(29(11)12)41(37(40)30(13)14)45-23-43-39-33(26(5)6)19-16-20-34(39)27(7)8/h15-21,24-30H,1-14H3. The number of hydrogen-bond acceptors (Lipinski definition) is 4. The molecule has 0 saturated heterocycles. The molecule has 3 aromatic carbocycles. The van der Waals surface area contributed by atoms with E-state index in [-0.39, 0.29) is 17.8 Å². The Kier molecular flexibility index (Phi) is 12.5. The van der Waals surface area contributed by atoms with Crippen molar-refractivity contribution in [2.45, 2.75) is 138 Å². The highest BCUT2D eigenvalue weighted by atomic mass is 14.9. The van der Waals surface area contributed by atoms with Crippen LogP contribution in [0.3, 0.4) is 0 Å². The fraction of sp³-hybridized carbons (Fsp3) is 0.512. The van der Waals surface area contributed by atoms with Gasteiger partial charge in [-0.2, -0.15) is 20.0 Å². The lowest BCUT2D eigenvalue weighted by Crippen LogP contribution is -2.02. The average molecular weight is 605 g/mol. The SMILES string of the molecule is CC(C)c1cccc(C(C)C)c1N=C=Nc1c(C(C)C)cc(C(C)C)c(N=C=Nc2c(C(C)C)cccc2C(C)C)c1C(C)C. The van der Waals surface area contributed by atoms with Crippen molar-refractivity contribution >= 4 is 34.8 Å². The Labute approximate surface area is 274 Å². The summed E-state index contributed by atoms with van der Waals surface area (Å²) in [7, 11) is 0. The van der Waals surface area contributed by atoms with Crippen molar-refractivity contribution < 1.29 is 0 Å². The summed E-state index contributed by atoms with van der Waals surface area (Å²) in [5.74, 6) is 2.12. The van der Waals surface area contributed by atoms with Gasteiger partial charge in [-0.1, -0.05) is 139 Å². The number of benzene rings is 3. The Balaban J connectivity index is 2.36. The van der Waals surface area contributed by atoms with Gasteiger partial charge in [-0.15, -0.1) is 0 Å². The molecule has 3 rings (SSSR count). The molecule has 0 unspecified atom stereocenters. The molecule has 4 heteroatoms. The van der Waals surface area contributed by atoms with Crippen LogP contribution in [-0.4, -0.2) is 12.0 Å². The maximum absolute atomic E-state index is 5.01. The highest BCUT2D eigenvalue weighted by molar-refractivity contribution is 5.76. The van der Waals surface area contributed by atoms with E-state index in [1.54, 1.807) is 0 Å². The van der Waals surface area contributed by atoms with Gasteiger partial charge in [0.1, 0.15) is 12.0 Å². The maximum Gasteiger partial charge on any atom is 0.101 e. The van der Waals surface area contributed by atoms with Crippen LogP contribution in [0.25, 0.3) is 0 Å². The van der Waals surface area contributed by atoms with Gasteiger partial charge >= 0.3 is 0 Å². The molecule has 0 atom stereocenters. The third kappa shape index (κ3) is 8.37. The largest absolute Gasteiger partial charge is 0.187 e. The zero-order valence-electron chi connectivity index (χ0n) is 30.4. The van der Waals surface area contributed by atoms with E-state index in [1.807, 2.05) is 0 Å². The zero-order valence-corrected chi connectivity index (χ0v) is 30.4. The van der Waals surface area contributed by atoms with Gasteiger partial charge in [-0.25, -0.2) is 0 Å². The average Bonchev–Trinajstić information content (AvgIpc) is 2.96. The van der Waals surface area contributed by atoms with E-state index in [0.29, 0.717) is 23.7 Å². The molecule has 0 N–H and O–H groups in total. The van der Waals surface area contributed by atoms with Gasteiger partial charge in [0.15, 0.2) is 0 Å².